The van der Waals surface area contributed by atoms with Crippen LogP contribution in [0.25, 0.3) is 0 Å². The molecule has 190 valence electrons. The van der Waals surface area contributed by atoms with E-state index >= 15 is 0 Å². The van der Waals surface area contributed by atoms with E-state index in [2.05, 4.69) is 54.3 Å². The first-order valence-electron chi connectivity index (χ1n) is 14.8. The minimum absolute atomic E-state index is 0.159. The van der Waals surface area contributed by atoms with Gasteiger partial charge in [-0.15, -0.1) is 0 Å². The lowest BCUT2D eigenvalue weighted by Gasteiger charge is -2.60. The fourth-order valence-corrected chi connectivity index (χ4v) is 11.5. The molecule has 0 aromatic carbocycles. The van der Waals surface area contributed by atoms with Crippen molar-refractivity contribution in [2.45, 2.75) is 143 Å². The molecule has 33 heavy (non-hydrogen) atoms. The molecule has 1 spiro atoms. The molecule has 4 aliphatic carbocycles. The topological polar surface area (TPSA) is 21.8 Å². The highest BCUT2D eigenvalue weighted by atomic mass is 28.4. The molecule has 5 fully saturated rings. The Morgan fingerprint density at radius 2 is 1.70 bits per heavy atom. The van der Waals surface area contributed by atoms with E-state index < -0.39 is 8.32 Å². The summed E-state index contributed by atoms with van der Waals surface area (Å²) >= 11 is 0. The Labute approximate surface area is 206 Å². The third kappa shape index (κ3) is 4.03. The van der Waals surface area contributed by atoms with Gasteiger partial charge in [0.25, 0.3) is 0 Å². The highest BCUT2D eigenvalue weighted by molar-refractivity contribution is 6.69. The standard InChI is InChI=1S/C30H54O2Si/c1-20(2)10-9-11-21(3)24-12-13-25-23-18-27-30(31-27)19-22(32-33(6,7)8)14-17-29(30,5)26(23)15-16-28(24,25)4/h20-27H,9-19H2,1-8H3/t21?,22-,23?,24?,25?,26?,27-,28?,29?,30-/m0/s1. The van der Waals surface area contributed by atoms with Crippen LogP contribution >= 0.6 is 0 Å². The number of hydrogen-bond acceptors (Lipinski definition) is 2. The van der Waals surface area contributed by atoms with Gasteiger partial charge >= 0.3 is 0 Å². The Balaban J connectivity index is 1.30. The van der Waals surface area contributed by atoms with E-state index in [4.69, 9.17) is 9.16 Å². The van der Waals surface area contributed by atoms with Crippen LogP contribution in [-0.2, 0) is 9.16 Å². The van der Waals surface area contributed by atoms with Crippen LogP contribution in [0.2, 0.25) is 19.6 Å². The first kappa shape index (κ1) is 24.8. The van der Waals surface area contributed by atoms with Crippen LogP contribution in [0.4, 0.5) is 0 Å². The van der Waals surface area contributed by atoms with E-state index in [-0.39, 0.29) is 5.60 Å². The molecule has 5 aliphatic rings. The summed E-state index contributed by atoms with van der Waals surface area (Å²) in [4.78, 5) is 0. The van der Waals surface area contributed by atoms with Gasteiger partial charge in [0.1, 0.15) is 5.60 Å². The molecule has 7 unspecified atom stereocenters. The Hall–Kier alpha value is 0.137. The predicted molar refractivity (Wildman–Crippen MR) is 141 cm³/mol. The third-order valence-electron chi connectivity index (χ3n) is 11.8. The van der Waals surface area contributed by atoms with E-state index in [1.807, 2.05) is 0 Å². The molecule has 0 aromatic rings. The van der Waals surface area contributed by atoms with Gasteiger partial charge in [0.2, 0.25) is 0 Å². The molecule has 0 N–H and O–H groups in total. The lowest BCUT2D eigenvalue weighted by Crippen LogP contribution is -2.59. The smallest absolute Gasteiger partial charge is 0.184 e. The van der Waals surface area contributed by atoms with Crippen LogP contribution in [0.15, 0.2) is 0 Å². The van der Waals surface area contributed by atoms with Crippen molar-refractivity contribution in [2.24, 2.45) is 46.3 Å². The van der Waals surface area contributed by atoms with Crippen molar-refractivity contribution in [3.05, 3.63) is 0 Å². The summed E-state index contributed by atoms with van der Waals surface area (Å²) in [6.07, 6.45) is 16.3. The molecule has 1 heterocycles. The zero-order valence-corrected chi connectivity index (χ0v) is 24.2. The molecule has 0 aromatic heterocycles. The van der Waals surface area contributed by atoms with Crippen molar-refractivity contribution >= 4 is 8.32 Å². The van der Waals surface area contributed by atoms with Gasteiger partial charge in [-0.25, -0.2) is 0 Å². The van der Waals surface area contributed by atoms with E-state index in [1.165, 1.54) is 70.6 Å². The van der Waals surface area contributed by atoms with Crippen LogP contribution in [-0.4, -0.2) is 26.1 Å². The Morgan fingerprint density at radius 3 is 2.39 bits per heavy atom. The zero-order chi connectivity index (χ0) is 23.8. The van der Waals surface area contributed by atoms with Crippen molar-refractivity contribution in [1.82, 2.24) is 0 Å². The van der Waals surface area contributed by atoms with Crippen LogP contribution in [0.1, 0.15) is 105 Å². The highest BCUT2D eigenvalue weighted by Gasteiger charge is 2.76. The van der Waals surface area contributed by atoms with Crippen LogP contribution < -0.4 is 0 Å². The van der Waals surface area contributed by atoms with Crippen LogP contribution in [0.3, 0.4) is 0 Å². The minimum Gasteiger partial charge on any atom is -0.415 e. The second-order valence-electron chi connectivity index (χ2n) is 15.2. The molecule has 1 aliphatic heterocycles. The molecule has 2 nitrogen and oxygen atoms in total. The van der Waals surface area contributed by atoms with E-state index in [0.29, 0.717) is 23.0 Å². The first-order valence-corrected chi connectivity index (χ1v) is 18.2. The van der Waals surface area contributed by atoms with Crippen molar-refractivity contribution in [3.8, 4) is 0 Å². The quantitative estimate of drug-likeness (QED) is 0.273. The summed E-state index contributed by atoms with van der Waals surface area (Å²) < 4.78 is 13.4. The molecule has 10 atom stereocenters. The van der Waals surface area contributed by atoms with Gasteiger partial charge in [-0.3, -0.25) is 0 Å². The molecular weight excluding hydrogens is 420 g/mol. The van der Waals surface area contributed by atoms with Gasteiger partial charge in [-0.05, 0) is 106 Å². The lowest BCUT2D eigenvalue weighted by molar-refractivity contribution is -0.114. The number of rotatable bonds is 7. The summed E-state index contributed by atoms with van der Waals surface area (Å²) in [7, 11) is -1.49. The van der Waals surface area contributed by atoms with Crippen LogP contribution in [0.5, 0.6) is 0 Å². The number of epoxide rings is 1. The molecular formula is C30H54O2Si. The van der Waals surface area contributed by atoms with Crippen molar-refractivity contribution in [2.75, 3.05) is 0 Å². The largest absolute Gasteiger partial charge is 0.415 e. The second kappa shape index (κ2) is 8.34. The maximum Gasteiger partial charge on any atom is 0.184 e. The average molecular weight is 475 g/mol. The molecule has 3 heteroatoms. The van der Waals surface area contributed by atoms with E-state index in [1.54, 1.807) is 0 Å². The molecule has 1 saturated heterocycles. The normalized spacial score (nSPS) is 49.7. The van der Waals surface area contributed by atoms with Gasteiger partial charge in [0, 0.05) is 17.9 Å². The first-order chi connectivity index (χ1) is 15.4. The highest BCUT2D eigenvalue weighted by Crippen LogP contribution is 2.74. The maximum absolute atomic E-state index is 6.78. The SMILES string of the molecule is CC(C)CCCC(C)C1CCC2C3C[C@@H]4O[C@@]45C[C@@H](O[Si](C)(C)C)CCC5(C)C3CCC12C. The molecule has 0 bridgehead atoms. The molecule has 0 radical (unpaired) electrons. The summed E-state index contributed by atoms with van der Waals surface area (Å²) in [5, 5.41) is 0. The Bertz CT molecular complexity index is 729. The number of hydrogen-bond donors (Lipinski definition) is 0. The predicted octanol–water partition coefficient (Wildman–Crippen LogP) is 8.46. The van der Waals surface area contributed by atoms with Gasteiger partial charge in [0.15, 0.2) is 8.32 Å². The van der Waals surface area contributed by atoms with E-state index in [0.717, 1.165) is 35.5 Å². The van der Waals surface area contributed by atoms with Crippen molar-refractivity contribution in [1.29, 1.82) is 0 Å². The second-order valence-corrected chi connectivity index (χ2v) is 19.6. The van der Waals surface area contributed by atoms with Gasteiger partial charge < -0.3 is 9.16 Å². The van der Waals surface area contributed by atoms with Gasteiger partial charge in [-0.1, -0.05) is 53.9 Å². The number of ether oxygens (including phenoxy) is 1. The lowest BCUT2D eigenvalue weighted by atomic mass is 9.44. The van der Waals surface area contributed by atoms with Crippen molar-refractivity contribution in [3.63, 3.8) is 0 Å². The third-order valence-corrected chi connectivity index (χ3v) is 12.8. The van der Waals surface area contributed by atoms with Crippen LogP contribution in [0, 0.1) is 46.3 Å². The van der Waals surface area contributed by atoms with E-state index in [9.17, 15) is 0 Å². The Morgan fingerprint density at radius 1 is 0.939 bits per heavy atom. The summed E-state index contributed by atoms with van der Waals surface area (Å²) in [6.45, 7) is 19.8. The monoisotopic (exact) mass is 474 g/mol. The van der Waals surface area contributed by atoms with Gasteiger partial charge in [0.05, 0.1) is 6.10 Å². The zero-order valence-electron chi connectivity index (χ0n) is 23.2. The van der Waals surface area contributed by atoms with Crippen molar-refractivity contribution < 1.29 is 9.16 Å². The van der Waals surface area contributed by atoms with Gasteiger partial charge in [-0.2, -0.15) is 0 Å². The summed E-state index contributed by atoms with van der Waals surface area (Å²) in [6, 6.07) is 0. The summed E-state index contributed by atoms with van der Waals surface area (Å²) in [5.41, 5.74) is 1.14. The number of fused-ring (bicyclic) bond motifs is 4. The Kier molecular flexibility index (Phi) is 6.27. The molecule has 4 saturated carbocycles. The fourth-order valence-electron chi connectivity index (χ4n) is 10.3. The minimum atomic E-state index is -1.49. The fraction of sp³-hybridized carbons (Fsp3) is 1.00. The molecule has 0 amide bonds. The average Bonchev–Trinajstić information content (AvgIpc) is 3.27. The maximum atomic E-state index is 6.78. The summed E-state index contributed by atoms with van der Waals surface area (Å²) in [5.74, 6) is 5.46. The molecule has 5 rings (SSSR count).